The first-order valence-electron chi connectivity index (χ1n) is 7.72. The van der Waals surface area contributed by atoms with E-state index in [1.165, 1.54) is 19.3 Å². The second-order valence-electron chi connectivity index (χ2n) is 6.48. The molecule has 2 aliphatic heterocycles. The molecule has 0 aromatic rings. The lowest BCUT2D eigenvalue weighted by Gasteiger charge is -2.39. The summed E-state index contributed by atoms with van der Waals surface area (Å²) in [7, 11) is -4.50. The summed E-state index contributed by atoms with van der Waals surface area (Å²) in [5.41, 5.74) is 0. The minimum absolute atomic E-state index is 0.0547. The molecule has 5 nitrogen and oxygen atoms in total. The molecule has 0 saturated carbocycles. The molecule has 0 aliphatic carbocycles. The smallest absolute Gasteiger partial charge is 0.302 e. The van der Waals surface area contributed by atoms with Crippen molar-refractivity contribution in [1.29, 1.82) is 0 Å². The number of piperidine rings is 1. The van der Waals surface area contributed by atoms with E-state index in [1.807, 2.05) is 0 Å². The van der Waals surface area contributed by atoms with Gasteiger partial charge in [0.2, 0.25) is 5.91 Å². The molecule has 0 radical (unpaired) electrons. The third-order valence-electron chi connectivity index (χ3n) is 4.73. The molecule has 2 fully saturated rings. The van der Waals surface area contributed by atoms with E-state index in [2.05, 4.69) is 18.7 Å². The average molecular weight is 320 g/mol. The quantitative estimate of drug-likeness (QED) is 0.719. The number of hydrogen-bond acceptors (Lipinski definition) is 4. The standard InChI is InChI=1S/C14H25FN2O3S/c1-11-4-3-5-12(2)17(11)7-6-16-9-13(8-14(16)18)10-21(15,19)20/h11-13H,3-10H2,1-2H3. The molecule has 0 N–H and O–H groups in total. The van der Waals surface area contributed by atoms with Gasteiger partial charge in [0.15, 0.2) is 0 Å². The number of amides is 1. The second kappa shape index (κ2) is 6.60. The molecule has 2 rings (SSSR count). The van der Waals surface area contributed by atoms with E-state index in [9.17, 15) is 17.1 Å². The van der Waals surface area contributed by atoms with Crippen LogP contribution in [0.25, 0.3) is 0 Å². The Bertz CT molecular complexity index is 473. The molecule has 3 unspecified atom stereocenters. The van der Waals surface area contributed by atoms with Crippen LogP contribution in [0.15, 0.2) is 0 Å². The molecule has 0 aromatic heterocycles. The van der Waals surface area contributed by atoms with Gasteiger partial charge in [0, 0.05) is 44.1 Å². The van der Waals surface area contributed by atoms with Gasteiger partial charge in [-0.2, -0.15) is 8.42 Å². The van der Waals surface area contributed by atoms with Crippen molar-refractivity contribution in [3.8, 4) is 0 Å². The maximum atomic E-state index is 12.7. The van der Waals surface area contributed by atoms with Crippen molar-refractivity contribution >= 4 is 16.1 Å². The van der Waals surface area contributed by atoms with Crippen LogP contribution in [0.4, 0.5) is 3.89 Å². The molecular weight excluding hydrogens is 295 g/mol. The van der Waals surface area contributed by atoms with Crippen LogP contribution in [0.3, 0.4) is 0 Å². The third kappa shape index (κ3) is 4.64. The fourth-order valence-corrected chi connectivity index (χ4v) is 4.40. The first-order chi connectivity index (χ1) is 9.76. The number of halogens is 1. The van der Waals surface area contributed by atoms with Gasteiger partial charge in [-0.25, -0.2) is 0 Å². The van der Waals surface area contributed by atoms with Crippen LogP contribution >= 0.6 is 0 Å². The Morgan fingerprint density at radius 2 is 1.81 bits per heavy atom. The molecule has 7 heteroatoms. The Morgan fingerprint density at radius 3 is 2.38 bits per heavy atom. The first kappa shape index (κ1) is 16.7. The summed E-state index contributed by atoms with van der Waals surface area (Å²) < 4.78 is 34.1. The number of nitrogens with zero attached hydrogens (tertiary/aromatic N) is 2. The topological polar surface area (TPSA) is 57.7 Å². The molecular formula is C14H25FN2O3S. The van der Waals surface area contributed by atoms with Crippen LogP contribution in [0.1, 0.15) is 39.5 Å². The lowest BCUT2D eigenvalue weighted by atomic mass is 9.97. The van der Waals surface area contributed by atoms with Crippen LogP contribution in [-0.2, 0) is 15.0 Å². The monoisotopic (exact) mass is 320 g/mol. The van der Waals surface area contributed by atoms with E-state index in [1.54, 1.807) is 4.90 Å². The molecule has 21 heavy (non-hydrogen) atoms. The summed E-state index contributed by atoms with van der Waals surface area (Å²) in [5, 5.41) is 0. The highest BCUT2D eigenvalue weighted by Gasteiger charge is 2.33. The molecule has 2 aliphatic rings. The zero-order valence-electron chi connectivity index (χ0n) is 12.8. The zero-order chi connectivity index (χ0) is 15.6. The third-order valence-corrected chi connectivity index (χ3v) is 5.60. The van der Waals surface area contributed by atoms with Gasteiger partial charge in [-0.15, -0.1) is 3.89 Å². The van der Waals surface area contributed by atoms with Crippen molar-refractivity contribution in [3.63, 3.8) is 0 Å². The van der Waals surface area contributed by atoms with Crippen molar-refractivity contribution in [3.05, 3.63) is 0 Å². The molecule has 122 valence electrons. The van der Waals surface area contributed by atoms with Gasteiger partial charge in [0.1, 0.15) is 0 Å². The van der Waals surface area contributed by atoms with Crippen LogP contribution in [0.5, 0.6) is 0 Å². The summed E-state index contributed by atoms with van der Waals surface area (Å²) in [6.45, 7) is 6.19. The van der Waals surface area contributed by atoms with Gasteiger partial charge in [-0.1, -0.05) is 6.42 Å². The number of carbonyl (C=O) groups is 1. The van der Waals surface area contributed by atoms with Crippen LogP contribution in [0.2, 0.25) is 0 Å². The largest absolute Gasteiger partial charge is 0.341 e. The summed E-state index contributed by atoms with van der Waals surface area (Å²) in [6, 6.07) is 1.04. The van der Waals surface area contributed by atoms with E-state index in [0.29, 0.717) is 25.2 Å². The lowest BCUT2D eigenvalue weighted by molar-refractivity contribution is -0.128. The number of carbonyl (C=O) groups excluding carboxylic acids is 1. The van der Waals surface area contributed by atoms with Gasteiger partial charge in [0.05, 0.1) is 5.75 Å². The minimum Gasteiger partial charge on any atom is -0.341 e. The Balaban J connectivity index is 1.84. The summed E-state index contributed by atoms with van der Waals surface area (Å²) in [4.78, 5) is 16.0. The predicted molar refractivity (Wildman–Crippen MR) is 79.1 cm³/mol. The van der Waals surface area contributed by atoms with Crippen molar-refractivity contribution in [2.75, 3.05) is 25.4 Å². The predicted octanol–water partition coefficient (Wildman–Crippen LogP) is 1.40. The van der Waals surface area contributed by atoms with Crippen molar-refractivity contribution in [2.45, 2.75) is 51.6 Å². The summed E-state index contributed by atoms with van der Waals surface area (Å²) in [6.07, 6.45) is 3.76. The Hall–Kier alpha value is -0.690. The second-order valence-corrected chi connectivity index (χ2v) is 7.89. The fourth-order valence-electron chi connectivity index (χ4n) is 3.61. The Kier molecular flexibility index (Phi) is 5.24. The number of hydrogen-bond donors (Lipinski definition) is 0. The van der Waals surface area contributed by atoms with Crippen molar-refractivity contribution < 1.29 is 17.1 Å². The molecule has 3 atom stereocenters. The van der Waals surface area contributed by atoms with Crippen LogP contribution in [0, 0.1) is 5.92 Å². The van der Waals surface area contributed by atoms with E-state index in [0.717, 1.165) is 6.54 Å². The van der Waals surface area contributed by atoms with Gasteiger partial charge < -0.3 is 4.90 Å². The Morgan fingerprint density at radius 1 is 1.19 bits per heavy atom. The summed E-state index contributed by atoms with van der Waals surface area (Å²) >= 11 is 0. The van der Waals surface area contributed by atoms with Crippen LogP contribution < -0.4 is 0 Å². The van der Waals surface area contributed by atoms with Crippen LogP contribution in [-0.4, -0.2) is 61.6 Å². The van der Waals surface area contributed by atoms with E-state index >= 15 is 0 Å². The fraction of sp³-hybridized carbons (Fsp3) is 0.929. The van der Waals surface area contributed by atoms with E-state index in [4.69, 9.17) is 0 Å². The highest BCUT2D eigenvalue weighted by atomic mass is 32.3. The van der Waals surface area contributed by atoms with Gasteiger partial charge in [-0.3, -0.25) is 9.69 Å². The van der Waals surface area contributed by atoms with E-state index in [-0.39, 0.29) is 12.3 Å². The molecule has 0 bridgehead atoms. The highest BCUT2D eigenvalue weighted by Crippen LogP contribution is 2.24. The summed E-state index contributed by atoms with van der Waals surface area (Å²) in [5.74, 6) is -0.990. The number of likely N-dealkylation sites (tertiary alicyclic amines) is 2. The SMILES string of the molecule is CC1CCCC(C)N1CCN1CC(CS(=O)(=O)F)CC1=O. The zero-order valence-corrected chi connectivity index (χ0v) is 13.6. The van der Waals surface area contributed by atoms with Gasteiger partial charge in [-0.05, 0) is 26.7 Å². The molecule has 2 saturated heterocycles. The maximum Gasteiger partial charge on any atom is 0.302 e. The minimum atomic E-state index is -4.50. The average Bonchev–Trinajstić information content (AvgIpc) is 2.66. The first-order valence-corrected chi connectivity index (χ1v) is 9.27. The maximum absolute atomic E-state index is 12.7. The molecule has 0 aromatic carbocycles. The van der Waals surface area contributed by atoms with Gasteiger partial charge in [0.25, 0.3) is 0 Å². The normalized spacial score (nSPS) is 31.9. The van der Waals surface area contributed by atoms with E-state index < -0.39 is 21.9 Å². The number of rotatable bonds is 5. The Labute approximate surface area is 126 Å². The van der Waals surface area contributed by atoms with Crippen molar-refractivity contribution in [2.24, 2.45) is 5.92 Å². The highest BCUT2D eigenvalue weighted by molar-refractivity contribution is 7.86. The van der Waals surface area contributed by atoms with Crippen molar-refractivity contribution in [1.82, 2.24) is 9.80 Å². The molecule has 2 heterocycles. The molecule has 1 amide bonds. The van der Waals surface area contributed by atoms with Gasteiger partial charge >= 0.3 is 10.2 Å². The molecule has 0 spiro atoms. The lowest BCUT2D eigenvalue weighted by Crippen LogP contribution is -2.47.